The first-order valence-electron chi connectivity index (χ1n) is 11.0. The average Bonchev–Trinajstić information content (AvgIpc) is 3.23. The van der Waals surface area contributed by atoms with Crippen LogP contribution in [0.5, 0.6) is 0 Å². The minimum Gasteiger partial charge on any atom is -0.445 e. The molecule has 0 radical (unpaired) electrons. The highest BCUT2D eigenvalue weighted by Gasteiger charge is 2.38. The van der Waals surface area contributed by atoms with E-state index < -0.39 is 12.2 Å². The third-order valence-corrected chi connectivity index (χ3v) is 7.00. The van der Waals surface area contributed by atoms with Gasteiger partial charge in [-0.1, -0.05) is 89.4 Å². The number of aliphatic hydroxyl groups excluding tert-OH is 1. The zero-order valence-corrected chi connectivity index (χ0v) is 20.7. The van der Waals surface area contributed by atoms with E-state index in [0.717, 1.165) is 16.7 Å². The Hall–Kier alpha value is -2.28. The molecule has 4 rings (SSSR count). The Kier molecular flexibility index (Phi) is 8.35. The van der Waals surface area contributed by atoms with E-state index >= 15 is 0 Å². The van der Waals surface area contributed by atoms with Crippen LogP contribution >= 0.6 is 34.8 Å². The summed E-state index contributed by atoms with van der Waals surface area (Å²) in [6, 6.07) is 22.3. The molecular weight excluding hydrogens is 495 g/mol. The second-order valence-corrected chi connectivity index (χ2v) is 9.55. The molecule has 1 saturated heterocycles. The van der Waals surface area contributed by atoms with Crippen LogP contribution in [0.2, 0.25) is 15.1 Å². The highest BCUT2D eigenvalue weighted by atomic mass is 35.5. The normalized spacial score (nSPS) is 17.9. The zero-order valence-electron chi connectivity index (χ0n) is 18.4. The van der Waals surface area contributed by atoms with Crippen molar-refractivity contribution < 1.29 is 14.6 Å². The van der Waals surface area contributed by atoms with E-state index in [9.17, 15) is 9.90 Å². The molecule has 1 fully saturated rings. The Morgan fingerprint density at radius 3 is 2.35 bits per heavy atom. The second-order valence-electron chi connectivity index (χ2n) is 8.32. The van der Waals surface area contributed by atoms with Crippen LogP contribution in [0.25, 0.3) is 0 Å². The molecule has 2 atom stereocenters. The van der Waals surface area contributed by atoms with Gasteiger partial charge in [-0.05, 0) is 34.9 Å². The molecule has 1 heterocycles. The number of amides is 1. The summed E-state index contributed by atoms with van der Waals surface area (Å²) >= 11 is 18.7. The summed E-state index contributed by atoms with van der Waals surface area (Å²) in [7, 11) is 0. The summed E-state index contributed by atoms with van der Waals surface area (Å²) in [5, 5.41) is 12.5. The summed E-state index contributed by atoms with van der Waals surface area (Å²) < 4.78 is 5.48. The first-order valence-corrected chi connectivity index (χ1v) is 12.1. The molecule has 0 saturated carbocycles. The largest absolute Gasteiger partial charge is 0.445 e. The van der Waals surface area contributed by atoms with Crippen molar-refractivity contribution in [3.05, 3.63) is 105 Å². The molecule has 1 aliphatic rings. The highest BCUT2D eigenvalue weighted by molar-refractivity contribution is 6.42. The van der Waals surface area contributed by atoms with Crippen molar-refractivity contribution in [2.45, 2.75) is 31.8 Å². The number of hydrogen-bond acceptors (Lipinski definition) is 4. The first kappa shape index (κ1) is 24.8. The van der Waals surface area contributed by atoms with Gasteiger partial charge in [-0.25, -0.2) is 4.79 Å². The van der Waals surface area contributed by atoms with Crippen molar-refractivity contribution in [1.82, 2.24) is 9.80 Å². The number of carbonyl (C=O) groups excluding carboxylic acids is 1. The Labute approximate surface area is 214 Å². The third kappa shape index (κ3) is 6.23. The summed E-state index contributed by atoms with van der Waals surface area (Å²) in [6.45, 7) is 1.70. The topological polar surface area (TPSA) is 53.0 Å². The molecule has 1 aliphatic heterocycles. The lowest BCUT2D eigenvalue weighted by atomic mass is 10.1. The molecule has 1 N–H and O–H groups in total. The molecule has 0 spiro atoms. The predicted molar refractivity (Wildman–Crippen MR) is 135 cm³/mol. The number of halogens is 3. The molecule has 8 heteroatoms. The molecule has 178 valence electrons. The van der Waals surface area contributed by atoms with Crippen LogP contribution in [0.4, 0.5) is 4.79 Å². The monoisotopic (exact) mass is 518 g/mol. The lowest BCUT2D eigenvalue weighted by Gasteiger charge is -2.31. The van der Waals surface area contributed by atoms with Gasteiger partial charge in [-0.15, -0.1) is 0 Å². The Bertz CT molecular complexity index is 1130. The lowest BCUT2D eigenvalue weighted by molar-refractivity contribution is 0.0728. The van der Waals surface area contributed by atoms with E-state index in [1.807, 2.05) is 66.7 Å². The van der Waals surface area contributed by atoms with E-state index in [0.29, 0.717) is 34.7 Å². The maximum atomic E-state index is 12.7. The summed E-state index contributed by atoms with van der Waals surface area (Å²) in [4.78, 5) is 16.4. The Balaban J connectivity index is 1.49. The van der Waals surface area contributed by atoms with Gasteiger partial charge >= 0.3 is 6.09 Å². The molecule has 1 amide bonds. The van der Waals surface area contributed by atoms with Gasteiger partial charge in [0.2, 0.25) is 0 Å². The first-order chi connectivity index (χ1) is 16.4. The van der Waals surface area contributed by atoms with E-state index in [2.05, 4.69) is 4.90 Å². The number of β-amino-alcohol motifs (C(OH)–C–C–N with tert-alkyl or cyclic N) is 1. The summed E-state index contributed by atoms with van der Waals surface area (Å²) in [6.07, 6.45) is -1.19. The fourth-order valence-electron chi connectivity index (χ4n) is 4.10. The third-order valence-electron chi connectivity index (χ3n) is 5.89. The number of nitrogens with zero attached hydrogens (tertiary/aromatic N) is 2. The number of ether oxygens (including phenoxy) is 1. The predicted octanol–water partition coefficient (Wildman–Crippen LogP) is 6.03. The van der Waals surface area contributed by atoms with Crippen molar-refractivity contribution in [3.8, 4) is 0 Å². The highest BCUT2D eigenvalue weighted by Crippen LogP contribution is 2.27. The van der Waals surface area contributed by atoms with Crippen molar-refractivity contribution in [3.63, 3.8) is 0 Å². The van der Waals surface area contributed by atoms with Gasteiger partial charge in [-0.2, -0.15) is 0 Å². The number of hydrogen-bond donors (Lipinski definition) is 1. The van der Waals surface area contributed by atoms with Gasteiger partial charge in [0.1, 0.15) is 6.61 Å². The lowest BCUT2D eigenvalue weighted by Crippen LogP contribution is -2.42. The number of carbonyl (C=O) groups is 1. The average molecular weight is 520 g/mol. The van der Waals surface area contributed by atoms with Gasteiger partial charge in [0.25, 0.3) is 0 Å². The van der Waals surface area contributed by atoms with Crippen LogP contribution in [0, 0.1) is 0 Å². The quantitative estimate of drug-likeness (QED) is 0.414. The van der Waals surface area contributed by atoms with Crippen molar-refractivity contribution in [1.29, 1.82) is 0 Å². The SMILES string of the molecule is O=C(OCc1ccccc1)N1C[C@@H](O)[C@H](N(Cc2ccc(Cl)c(Cl)c2)Cc2ccccc2Cl)C1. The number of aliphatic hydroxyl groups is 1. The van der Waals surface area contributed by atoms with Crippen molar-refractivity contribution >= 4 is 40.9 Å². The van der Waals surface area contributed by atoms with Crippen LogP contribution in [-0.2, 0) is 24.4 Å². The van der Waals surface area contributed by atoms with Gasteiger partial charge in [0.15, 0.2) is 0 Å². The standard InChI is InChI=1S/C26H25Cl3N2O3/c27-21-9-5-4-8-20(21)14-30(13-19-10-11-22(28)23(29)12-19)24-15-31(16-25(24)32)26(33)34-17-18-6-2-1-3-7-18/h1-12,24-25,32H,13-17H2/t24-,25-/m1/s1. The van der Waals surface area contributed by atoms with E-state index in [1.165, 1.54) is 0 Å². The Morgan fingerprint density at radius 1 is 0.882 bits per heavy atom. The van der Waals surface area contributed by atoms with E-state index in [4.69, 9.17) is 39.5 Å². The molecule has 0 unspecified atom stereocenters. The number of rotatable bonds is 7. The molecule has 5 nitrogen and oxygen atoms in total. The fourth-order valence-corrected chi connectivity index (χ4v) is 4.61. The van der Waals surface area contributed by atoms with Crippen LogP contribution in [0.15, 0.2) is 72.8 Å². The molecule has 0 bridgehead atoms. The van der Waals surface area contributed by atoms with Crippen LogP contribution in [-0.4, -0.2) is 46.2 Å². The molecule has 3 aromatic carbocycles. The minimum absolute atomic E-state index is 0.184. The zero-order chi connectivity index (χ0) is 24.1. The molecule has 3 aromatic rings. The fraction of sp³-hybridized carbons (Fsp3) is 0.269. The smallest absolute Gasteiger partial charge is 0.410 e. The van der Waals surface area contributed by atoms with Gasteiger partial charge < -0.3 is 14.7 Å². The van der Waals surface area contributed by atoms with Gasteiger partial charge in [0.05, 0.1) is 28.7 Å². The van der Waals surface area contributed by atoms with E-state index in [1.54, 1.807) is 11.0 Å². The maximum Gasteiger partial charge on any atom is 0.410 e. The van der Waals surface area contributed by atoms with Crippen LogP contribution in [0.3, 0.4) is 0 Å². The van der Waals surface area contributed by atoms with Gasteiger partial charge in [0, 0.05) is 24.7 Å². The summed E-state index contributed by atoms with van der Waals surface area (Å²) in [5.74, 6) is 0. The van der Waals surface area contributed by atoms with E-state index in [-0.39, 0.29) is 19.2 Å². The molecule has 0 aromatic heterocycles. The maximum absolute atomic E-state index is 12.7. The molecule has 34 heavy (non-hydrogen) atoms. The summed E-state index contributed by atoms with van der Waals surface area (Å²) in [5.41, 5.74) is 2.78. The van der Waals surface area contributed by atoms with Crippen LogP contribution < -0.4 is 0 Å². The van der Waals surface area contributed by atoms with Crippen molar-refractivity contribution in [2.24, 2.45) is 0 Å². The number of benzene rings is 3. The van der Waals surface area contributed by atoms with Crippen molar-refractivity contribution in [2.75, 3.05) is 13.1 Å². The van der Waals surface area contributed by atoms with Crippen LogP contribution in [0.1, 0.15) is 16.7 Å². The number of likely N-dealkylation sites (tertiary alicyclic amines) is 1. The van der Waals surface area contributed by atoms with Gasteiger partial charge in [-0.3, -0.25) is 4.90 Å². The molecular formula is C26H25Cl3N2O3. The second kappa shape index (κ2) is 11.4. The molecule has 0 aliphatic carbocycles. The Morgan fingerprint density at radius 2 is 1.62 bits per heavy atom. The minimum atomic E-state index is -0.741.